The predicted octanol–water partition coefficient (Wildman–Crippen LogP) is 12.7. The van der Waals surface area contributed by atoms with Crippen molar-refractivity contribution in [3.63, 3.8) is 0 Å². The molecule has 0 spiro atoms. The van der Waals surface area contributed by atoms with Crippen LogP contribution in [0.3, 0.4) is 0 Å². The molecule has 0 aromatic heterocycles. The Balaban J connectivity index is 4.20. The molecule has 7 nitrogen and oxygen atoms in total. The van der Waals surface area contributed by atoms with Crippen LogP contribution in [0.5, 0.6) is 0 Å². The molecule has 0 aliphatic carbocycles. The Bertz CT molecular complexity index is 840. The summed E-state index contributed by atoms with van der Waals surface area (Å²) in [7, 11) is -3.14. The third kappa shape index (κ3) is 42.3. The van der Waals surface area contributed by atoms with E-state index >= 15 is 0 Å². The summed E-state index contributed by atoms with van der Waals surface area (Å²) < 4.78 is 37.5. The van der Waals surface area contributed by atoms with Crippen molar-refractivity contribution in [2.75, 3.05) is 45.6 Å². The van der Waals surface area contributed by atoms with Gasteiger partial charge in [0.1, 0.15) is 0 Å². The van der Waals surface area contributed by atoms with Crippen LogP contribution in [0.4, 0.5) is 0 Å². The van der Waals surface area contributed by atoms with Gasteiger partial charge in [-0.3, -0.25) is 4.79 Å². The average Bonchev–Trinajstić information content (AvgIpc) is 3.13. The summed E-state index contributed by atoms with van der Waals surface area (Å²) in [5, 5.41) is 0. The Morgan fingerprint density at radius 3 is 1.40 bits per heavy atom. The molecule has 0 saturated heterocycles. The third-order valence-electron chi connectivity index (χ3n) is 10.6. The number of rotatable bonds is 44. The third-order valence-corrected chi connectivity index (χ3v) is 11.3. The number of sulfonamides is 1. The molecule has 53 heavy (non-hydrogen) atoms. The van der Waals surface area contributed by atoms with Crippen LogP contribution in [0.15, 0.2) is 0 Å². The quantitative estimate of drug-likeness (QED) is 0.0490. The zero-order valence-electron chi connectivity index (χ0n) is 36.1. The summed E-state index contributed by atoms with van der Waals surface area (Å²) in [6.45, 7) is 11.9. The van der Waals surface area contributed by atoms with E-state index in [1.165, 1.54) is 167 Å². The molecule has 0 bridgehead atoms. The van der Waals surface area contributed by atoms with Gasteiger partial charge in [0.05, 0.1) is 19.0 Å². The standard InChI is InChI=1S/C45H92N2O5S/c1-5-8-11-14-20-27-35-44(36-28-21-15-12-9-6-2)51-42-32-26-18-17-23-30-39-47(41-34-38-46-53(4,49)50)40-31-24-19-22-29-37-45(48)52-43-33-25-16-13-10-7-3/h44,46H,5-43H2,1-4H3. The van der Waals surface area contributed by atoms with Crippen molar-refractivity contribution in [2.45, 2.75) is 239 Å². The molecule has 0 aromatic carbocycles. The molecule has 0 heterocycles. The normalized spacial score (nSPS) is 12.0. The van der Waals surface area contributed by atoms with Crippen molar-refractivity contribution in [1.82, 2.24) is 9.62 Å². The summed E-state index contributed by atoms with van der Waals surface area (Å²) in [5.41, 5.74) is 0. The fourth-order valence-corrected chi connectivity index (χ4v) is 7.70. The van der Waals surface area contributed by atoms with Crippen molar-refractivity contribution in [1.29, 1.82) is 0 Å². The molecule has 0 unspecified atom stereocenters. The van der Waals surface area contributed by atoms with Crippen molar-refractivity contribution < 1.29 is 22.7 Å². The second kappa shape index (κ2) is 40.9. The summed E-state index contributed by atoms with van der Waals surface area (Å²) in [6, 6.07) is 0. The maximum Gasteiger partial charge on any atom is 0.305 e. The van der Waals surface area contributed by atoms with Crippen LogP contribution in [0.2, 0.25) is 0 Å². The minimum absolute atomic E-state index is 0.0352. The molecule has 8 heteroatoms. The fraction of sp³-hybridized carbons (Fsp3) is 0.978. The van der Waals surface area contributed by atoms with Gasteiger partial charge in [0.15, 0.2) is 0 Å². The number of hydrogen-bond donors (Lipinski definition) is 1. The molecular weight excluding hydrogens is 681 g/mol. The highest BCUT2D eigenvalue weighted by molar-refractivity contribution is 7.88. The van der Waals surface area contributed by atoms with E-state index in [1.54, 1.807) is 0 Å². The molecule has 1 N–H and O–H groups in total. The second-order valence-electron chi connectivity index (χ2n) is 16.1. The lowest BCUT2D eigenvalue weighted by Crippen LogP contribution is -2.31. The van der Waals surface area contributed by atoms with Gasteiger partial charge in [-0.05, 0) is 71.0 Å². The van der Waals surface area contributed by atoms with Gasteiger partial charge in [0.2, 0.25) is 10.0 Å². The lowest BCUT2D eigenvalue weighted by atomic mass is 10.0. The first-order chi connectivity index (χ1) is 25.8. The number of hydrogen-bond acceptors (Lipinski definition) is 6. The summed E-state index contributed by atoms with van der Waals surface area (Å²) in [4.78, 5) is 14.6. The first-order valence-corrected chi connectivity index (χ1v) is 25.2. The topological polar surface area (TPSA) is 84.9 Å². The highest BCUT2D eigenvalue weighted by atomic mass is 32.2. The van der Waals surface area contributed by atoms with Crippen molar-refractivity contribution in [3.8, 4) is 0 Å². The molecule has 0 saturated carbocycles. The van der Waals surface area contributed by atoms with Crippen LogP contribution >= 0.6 is 0 Å². The maximum absolute atomic E-state index is 12.0. The molecular formula is C45H92N2O5S. The molecule has 0 atom stereocenters. The molecule has 0 aliphatic rings. The van der Waals surface area contributed by atoms with E-state index in [2.05, 4.69) is 30.4 Å². The Kier molecular flexibility index (Phi) is 40.4. The van der Waals surface area contributed by atoms with Crippen LogP contribution < -0.4 is 4.72 Å². The van der Waals surface area contributed by atoms with E-state index < -0.39 is 10.0 Å². The summed E-state index contributed by atoms with van der Waals surface area (Å²) in [6.07, 6.45) is 42.1. The number of esters is 1. The van der Waals surface area contributed by atoms with Crippen LogP contribution in [-0.2, 0) is 24.3 Å². The molecule has 0 fully saturated rings. The molecule has 0 aromatic rings. The Morgan fingerprint density at radius 1 is 0.509 bits per heavy atom. The second-order valence-corrected chi connectivity index (χ2v) is 17.9. The van der Waals surface area contributed by atoms with E-state index in [4.69, 9.17) is 9.47 Å². The number of carbonyl (C=O) groups excluding carboxylic acids is 1. The molecule has 0 aliphatic heterocycles. The van der Waals surface area contributed by atoms with Gasteiger partial charge in [-0.15, -0.1) is 0 Å². The molecule has 318 valence electrons. The average molecular weight is 773 g/mol. The lowest BCUT2D eigenvalue weighted by molar-refractivity contribution is -0.143. The van der Waals surface area contributed by atoms with Gasteiger partial charge < -0.3 is 14.4 Å². The largest absolute Gasteiger partial charge is 0.466 e. The number of nitrogens with one attached hydrogen (secondary N) is 1. The summed E-state index contributed by atoms with van der Waals surface area (Å²) in [5.74, 6) is -0.0352. The van der Waals surface area contributed by atoms with Gasteiger partial charge in [-0.2, -0.15) is 0 Å². The number of unbranched alkanes of at least 4 members (excludes halogenated alkanes) is 24. The SMILES string of the molecule is CCCCCCCCOC(=O)CCCCCCCN(CCCCCCCCOC(CCCCCCCC)CCCCCCCC)CCCNS(C)(=O)=O. The number of carbonyl (C=O) groups is 1. The van der Waals surface area contributed by atoms with E-state index in [9.17, 15) is 13.2 Å². The first-order valence-electron chi connectivity index (χ1n) is 23.3. The number of ether oxygens (including phenoxy) is 2. The zero-order valence-corrected chi connectivity index (χ0v) is 36.9. The Labute approximate surface area is 331 Å². The zero-order chi connectivity index (χ0) is 38.9. The van der Waals surface area contributed by atoms with Crippen LogP contribution in [0.25, 0.3) is 0 Å². The minimum atomic E-state index is -3.14. The van der Waals surface area contributed by atoms with Gasteiger partial charge in [-0.25, -0.2) is 13.1 Å². The fourth-order valence-electron chi connectivity index (χ4n) is 7.18. The van der Waals surface area contributed by atoms with Crippen LogP contribution in [0.1, 0.15) is 233 Å². The first kappa shape index (κ1) is 52.3. The Hall–Kier alpha value is -0.700. The molecule has 0 amide bonds. The number of nitrogens with zero attached hydrogens (tertiary/aromatic N) is 1. The van der Waals surface area contributed by atoms with Gasteiger partial charge in [-0.1, -0.05) is 175 Å². The minimum Gasteiger partial charge on any atom is -0.466 e. The highest BCUT2D eigenvalue weighted by Crippen LogP contribution is 2.18. The van der Waals surface area contributed by atoms with Crippen molar-refractivity contribution in [2.24, 2.45) is 0 Å². The maximum atomic E-state index is 12.0. The van der Waals surface area contributed by atoms with Crippen LogP contribution in [-0.4, -0.2) is 71.0 Å². The highest BCUT2D eigenvalue weighted by Gasteiger charge is 2.10. The van der Waals surface area contributed by atoms with E-state index in [1.807, 2.05) is 0 Å². The van der Waals surface area contributed by atoms with Gasteiger partial charge in [0, 0.05) is 19.6 Å². The lowest BCUT2D eigenvalue weighted by Gasteiger charge is -2.22. The van der Waals surface area contributed by atoms with E-state index in [-0.39, 0.29) is 5.97 Å². The van der Waals surface area contributed by atoms with E-state index in [0.29, 0.717) is 25.7 Å². The monoisotopic (exact) mass is 773 g/mol. The van der Waals surface area contributed by atoms with Crippen LogP contribution in [0, 0.1) is 0 Å². The van der Waals surface area contributed by atoms with E-state index in [0.717, 1.165) is 71.2 Å². The van der Waals surface area contributed by atoms with Gasteiger partial charge in [0.25, 0.3) is 0 Å². The van der Waals surface area contributed by atoms with Crippen molar-refractivity contribution >= 4 is 16.0 Å². The Morgan fingerprint density at radius 2 is 0.906 bits per heavy atom. The smallest absolute Gasteiger partial charge is 0.305 e. The predicted molar refractivity (Wildman–Crippen MR) is 229 cm³/mol. The van der Waals surface area contributed by atoms with Crippen molar-refractivity contribution in [3.05, 3.63) is 0 Å². The summed E-state index contributed by atoms with van der Waals surface area (Å²) >= 11 is 0. The molecule has 0 rings (SSSR count). The van der Waals surface area contributed by atoms with Gasteiger partial charge >= 0.3 is 5.97 Å². The molecule has 0 radical (unpaired) electrons.